The lowest BCUT2D eigenvalue weighted by Gasteiger charge is -1.99. The maximum Gasteiger partial charge on any atom is 0.159 e. The van der Waals surface area contributed by atoms with Gasteiger partial charge in [-0.25, -0.2) is 9.97 Å². The van der Waals surface area contributed by atoms with Crippen molar-refractivity contribution in [3.8, 4) is 11.4 Å². The maximum atomic E-state index is 5.65. The Morgan fingerprint density at radius 2 is 1.64 bits per heavy atom. The number of hydrogen-bond donors (Lipinski definition) is 0. The summed E-state index contributed by atoms with van der Waals surface area (Å²) in [7, 11) is 0. The molecule has 0 aliphatic rings. The first-order valence-corrected chi connectivity index (χ1v) is 4.86. The van der Waals surface area contributed by atoms with Gasteiger partial charge in [0.25, 0.3) is 0 Å². The maximum absolute atomic E-state index is 5.65. The van der Waals surface area contributed by atoms with Crippen molar-refractivity contribution < 1.29 is 0 Å². The number of alkyl halides is 1. The van der Waals surface area contributed by atoms with Crippen LogP contribution in [-0.4, -0.2) is 9.97 Å². The smallest absolute Gasteiger partial charge is 0.159 e. The molecule has 0 saturated heterocycles. The zero-order chi connectivity index (χ0) is 9.80. The SMILES string of the molecule is ClCc1cnc(-c2ccccc2)nc1. The molecular formula is C11H9ClN2. The van der Waals surface area contributed by atoms with Crippen molar-refractivity contribution >= 4 is 11.6 Å². The zero-order valence-electron chi connectivity index (χ0n) is 7.52. The topological polar surface area (TPSA) is 25.8 Å². The van der Waals surface area contributed by atoms with E-state index in [1.165, 1.54) is 0 Å². The van der Waals surface area contributed by atoms with Crippen LogP contribution in [-0.2, 0) is 5.88 Å². The minimum absolute atomic E-state index is 0.453. The standard InChI is InChI=1S/C11H9ClN2/c12-6-9-7-13-11(14-8-9)10-4-2-1-3-5-10/h1-5,7-8H,6H2. The van der Waals surface area contributed by atoms with E-state index in [0.29, 0.717) is 5.88 Å². The predicted molar refractivity (Wildman–Crippen MR) is 57.0 cm³/mol. The fraction of sp³-hybridized carbons (Fsp3) is 0.0909. The molecular weight excluding hydrogens is 196 g/mol. The van der Waals surface area contributed by atoms with Crippen LogP contribution in [0.1, 0.15) is 5.56 Å². The molecule has 0 spiro atoms. The highest BCUT2D eigenvalue weighted by molar-refractivity contribution is 6.17. The molecule has 0 atom stereocenters. The molecule has 0 amide bonds. The van der Waals surface area contributed by atoms with Gasteiger partial charge in [-0.1, -0.05) is 30.3 Å². The summed E-state index contributed by atoms with van der Waals surface area (Å²) in [6.45, 7) is 0. The Hall–Kier alpha value is -1.41. The lowest BCUT2D eigenvalue weighted by Crippen LogP contribution is -1.89. The molecule has 1 heterocycles. The van der Waals surface area contributed by atoms with Gasteiger partial charge in [0.15, 0.2) is 5.82 Å². The average molecular weight is 205 g/mol. The second-order valence-electron chi connectivity index (χ2n) is 2.91. The molecule has 0 saturated carbocycles. The molecule has 0 aliphatic heterocycles. The largest absolute Gasteiger partial charge is 0.236 e. The summed E-state index contributed by atoms with van der Waals surface area (Å²) >= 11 is 5.65. The quantitative estimate of drug-likeness (QED) is 0.703. The van der Waals surface area contributed by atoms with E-state index in [9.17, 15) is 0 Å². The number of rotatable bonds is 2. The van der Waals surface area contributed by atoms with Crippen molar-refractivity contribution in [3.05, 3.63) is 48.3 Å². The van der Waals surface area contributed by atoms with Gasteiger partial charge in [0.1, 0.15) is 0 Å². The van der Waals surface area contributed by atoms with Gasteiger partial charge >= 0.3 is 0 Å². The van der Waals surface area contributed by atoms with Crippen molar-refractivity contribution in [3.63, 3.8) is 0 Å². The molecule has 0 radical (unpaired) electrons. The van der Waals surface area contributed by atoms with E-state index in [1.54, 1.807) is 12.4 Å². The summed E-state index contributed by atoms with van der Waals surface area (Å²) in [5.41, 5.74) is 1.96. The fourth-order valence-corrected chi connectivity index (χ4v) is 1.30. The summed E-state index contributed by atoms with van der Waals surface area (Å²) in [5, 5.41) is 0. The van der Waals surface area contributed by atoms with Crippen molar-refractivity contribution in [2.24, 2.45) is 0 Å². The molecule has 2 nitrogen and oxygen atoms in total. The molecule has 0 N–H and O–H groups in total. The molecule has 2 rings (SSSR count). The highest BCUT2D eigenvalue weighted by atomic mass is 35.5. The predicted octanol–water partition coefficient (Wildman–Crippen LogP) is 2.88. The Morgan fingerprint density at radius 3 is 2.21 bits per heavy atom. The van der Waals surface area contributed by atoms with Crippen LogP contribution in [0.3, 0.4) is 0 Å². The van der Waals surface area contributed by atoms with E-state index >= 15 is 0 Å². The summed E-state index contributed by atoms with van der Waals surface area (Å²) in [5.74, 6) is 1.19. The molecule has 70 valence electrons. The van der Waals surface area contributed by atoms with E-state index in [-0.39, 0.29) is 0 Å². The molecule has 0 bridgehead atoms. The van der Waals surface area contributed by atoms with E-state index < -0.39 is 0 Å². The van der Waals surface area contributed by atoms with E-state index in [1.807, 2.05) is 30.3 Å². The monoisotopic (exact) mass is 204 g/mol. The van der Waals surface area contributed by atoms with Crippen LogP contribution < -0.4 is 0 Å². The van der Waals surface area contributed by atoms with Gasteiger partial charge in [0, 0.05) is 23.5 Å². The third-order valence-electron chi connectivity index (χ3n) is 1.89. The van der Waals surface area contributed by atoms with Gasteiger partial charge in [-0.15, -0.1) is 11.6 Å². The Bertz CT molecular complexity index is 397. The van der Waals surface area contributed by atoms with Gasteiger partial charge in [0.05, 0.1) is 5.88 Å². The second-order valence-corrected chi connectivity index (χ2v) is 3.18. The molecule has 3 heteroatoms. The van der Waals surface area contributed by atoms with Crippen LogP contribution in [0.15, 0.2) is 42.7 Å². The van der Waals surface area contributed by atoms with Crippen LogP contribution in [0.4, 0.5) is 0 Å². The molecule has 0 unspecified atom stereocenters. The minimum atomic E-state index is 0.453. The summed E-state index contributed by atoms with van der Waals surface area (Å²) < 4.78 is 0. The molecule has 0 fully saturated rings. The van der Waals surface area contributed by atoms with Gasteiger partial charge in [-0.2, -0.15) is 0 Å². The Kier molecular flexibility index (Phi) is 2.75. The fourth-order valence-electron chi connectivity index (χ4n) is 1.16. The molecule has 1 aromatic heterocycles. The van der Waals surface area contributed by atoms with Crippen LogP contribution in [0.2, 0.25) is 0 Å². The van der Waals surface area contributed by atoms with E-state index in [0.717, 1.165) is 17.0 Å². The van der Waals surface area contributed by atoms with Crippen LogP contribution >= 0.6 is 11.6 Å². The Balaban J connectivity index is 2.34. The highest BCUT2D eigenvalue weighted by Gasteiger charge is 1.99. The first-order chi connectivity index (χ1) is 6.90. The summed E-state index contributed by atoms with van der Waals surface area (Å²) in [4.78, 5) is 8.45. The molecule has 2 aromatic rings. The van der Waals surface area contributed by atoms with Gasteiger partial charge in [-0.3, -0.25) is 0 Å². The Morgan fingerprint density at radius 1 is 1.00 bits per heavy atom. The van der Waals surface area contributed by atoms with Crippen LogP contribution in [0, 0.1) is 0 Å². The van der Waals surface area contributed by atoms with E-state index in [2.05, 4.69) is 9.97 Å². The highest BCUT2D eigenvalue weighted by Crippen LogP contribution is 2.13. The summed E-state index contributed by atoms with van der Waals surface area (Å²) in [6, 6.07) is 9.87. The summed E-state index contributed by atoms with van der Waals surface area (Å²) in [6.07, 6.45) is 3.50. The second kappa shape index (κ2) is 4.20. The van der Waals surface area contributed by atoms with Gasteiger partial charge in [-0.05, 0) is 0 Å². The van der Waals surface area contributed by atoms with Crippen LogP contribution in [0.25, 0.3) is 11.4 Å². The van der Waals surface area contributed by atoms with Gasteiger partial charge in [0.2, 0.25) is 0 Å². The average Bonchev–Trinajstić information content (AvgIpc) is 2.30. The molecule has 14 heavy (non-hydrogen) atoms. The number of aromatic nitrogens is 2. The van der Waals surface area contributed by atoms with Gasteiger partial charge < -0.3 is 0 Å². The van der Waals surface area contributed by atoms with Crippen molar-refractivity contribution in [2.45, 2.75) is 5.88 Å². The zero-order valence-corrected chi connectivity index (χ0v) is 8.28. The number of benzene rings is 1. The third-order valence-corrected chi connectivity index (χ3v) is 2.20. The van der Waals surface area contributed by atoms with Crippen LogP contribution in [0.5, 0.6) is 0 Å². The number of nitrogens with zero attached hydrogens (tertiary/aromatic N) is 2. The van der Waals surface area contributed by atoms with E-state index in [4.69, 9.17) is 11.6 Å². The number of halogens is 1. The third kappa shape index (κ3) is 1.91. The van der Waals surface area contributed by atoms with Crippen molar-refractivity contribution in [1.82, 2.24) is 9.97 Å². The lowest BCUT2D eigenvalue weighted by molar-refractivity contribution is 1.13. The molecule has 1 aromatic carbocycles. The first-order valence-electron chi connectivity index (χ1n) is 4.32. The Labute approximate surface area is 87.6 Å². The molecule has 0 aliphatic carbocycles. The minimum Gasteiger partial charge on any atom is -0.236 e. The number of hydrogen-bond acceptors (Lipinski definition) is 2. The van der Waals surface area contributed by atoms with Crippen molar-refractivity contribution in [1.29, 1.82) is 0 Å². The lowest BCUT2D eigenvalue weighted by atomic mass is 10.2. The first kappa shape index (κ1) is 9.16. The normalized spacial score (nSPS) is 10.1. The van der Waals surface area contributed by atoms with Crippen molar-refractivity contribution in [2.75, 3.05) is 0 Å².